The van der Waals surface area contributed by atoms with E-state index in [1.165, 1.54) is 7.11 Å². The highest BCUT2D eigenvalue weighted by molar-refractivity contribution is 14.1. The van der Waals surface area contributed by atoms with Crippen LogP contribution in [0.2, 0.25) is 0 Å². The van der Waals surface area contributed by atoms with Gasteiger partial charge in [-0.15, -0.1) is 0 Å². The molecular weight excluding hydrogens is 277 g/mol. The monoisotopic (exact) mass is 281 g/mol. The molecule has 1 aliphatic heterocycles. The van der Waals surface area contributed by atoms with Crippen LogP contribution >= 0.6 is 22.6 Å². The summed E-state index contributed by atoms with van der Waals surface area (Å²) in [5.74, 6) is -0.523. The van der Waals surface area contributed by atoms with E-state index in [1.807, 2.05) is 0 Å². The van der Waals surface area contributed by atoms with Crippen molar-refractivity contribution in [3.05, 3.63) is 19.7 Å². The number of hydrogen-bond donors (Lipinski definition) is 0. The van der Waals surface area contributed by atoms with Crippen molar-refractivity contribution in [2.24, 2.45) is 5.11 Å². The molecule has 12 heavy (non-hydrogen) atoms. The molecule has 1 aliphatic rings. The fourth-order valence-corrected chi connectivity index (χ4v) is 1.20. The number of carbonyl (C=O) groups excluding carboxylic acids is 1. The summed E-state index contributed by atoms with van der Waals surface area (Å²) in [5.41, 5.74) is 8.33. The molecule has 64 valence electrons. The predicted molar refractivity (Wildman–Crippen MR) is 47.1 cm³/mol. The van der Waals surface area contributed by atoms with Crippen LogP contribution in [0.3, 0.4) is 0 Å². The Balaban J connectivity index is 3.02. The van der Waals surface area contributed by atoms with E-state index in [-0.39, 0.29) is 9.28 Å². The topological polar surface area (TPSA) is 84.3 Å². The lowest BCUT2D eigenvalue weighted by Gasteiger charge is -2.06. The van der Waals surface area contributed by atoms with E-state index in [0.717, 1.165) is 0 Å². The maximum atomic E-state index is 10.9. The SMILES string of the molecule is COC1OC(=O)C(I)=C1N=[N+]=[N-]. The van der Waals surface area contributed by atoms with E-state index in [9.17, 15) is 4.79 Å². The average Bonchev–Trinajstić information content (AvgIpc) is 2.33. The second-order valence-corrected chi connectivity index (χ2v) is 2.94. The van der Waals surface area contributed by atoms with Crippen molar-refractivity contribution in [3.8, 4) is 0 Å². The molecular formula is C5H4IN3O3. The lowest BCUT2D eigenvalue weighted by molar-refractivity contribution is -0.155. The first-order valence-electron chi connectivity index (χ1n) is 2.89. The Labute approximate surface area is 81.3 Å². The molecule has 0 aromatic heterocycles. The first kappa shape index (κ1) is 9.30. The fraction of sp³-hybridized carbons (Fsp3) is 0.400. The third kappa shape index (κ3) is 1.52. The van der Waals surface area contributed by atoms with Gasteiger partial charge in [0.2, 0.25) is 6.29 Å². The van der Waals surface area contributed by atoms with Crippen LogP contribution in [-0.2, 0) is 14.3 Å². The highest BCUT2D eigenvalue weighted by Crippen LogP contribution is 2.28. The molecule has 6 nitrogen and oxygen atoms in total. The van der Waals surface area contributed by atoms with Crippen LogP contribution in [0, 0.1) is 0 Å². The van der Waals surface area contributed by atoms with E-state index in [1.54, 1.807) is 22.6 Å². The van der Waals surface area contributed by atoms with Gasteiger partial charge in [-0.05, 0) is 28.1 Å². The molecule has 0 N–H and O–H groups in total. The average molecular weight is 281 g/mol. The van der Waals surface area contributed by atoms with Gasteiger partial charge in [0.15, 0.2) is 0 Å². The van der Waals surface area contributed by atoms with Gasteiger partial charge in [-0.1, -0.05) is 5.11 Å². The van der Waals surface area contributed by atoms with Crippen LogP contribution in [0.1, 0.15) is 0 Å². The van der Waals surface area contributed by atoms with Crippen molar-refractivity contribution in [2.45, 2.75) is 6.29 Å². The number of nitrogens with zero attached hydrogens (tertiary/aromatic N) is 3. The summed E-state index contributed by atoms with van der Waals surface area (Å²) in [6.07, 6.45) is -0.861. The Morgan fingerprint density at radius 3 is 3.00 bits per heavy atom. The minimum atomic E-state index is -0.861. The summed E-state index contributed by atoms with van der Waals surface area (Å²) >= 11 is 1.74. The van der Waals surface area contributed by atoms with Crippen molar-refractivity contribution in [1.29, 1.82) is 0 Å². The highest BCUT2D eigenvalue weighted by Gasteiger charge is 2.31. The van der Waals surface area contributed by atoms with Crippen LogP contribution in [-0.4, -0.2) is 19.4 Å². The largest absolute Gasteiger partial charge is 0.427 e. The Morgan fingerprint density at radius 2 is 2.50 bits per heavy atom. The van der Waals surface area contributed by atoms with Gasteiger partial charge in [0.05, 0.1) is 0 Å². The lowest BCUT2D eigenvalue weighted by Crippen LogP contribution is -2.12. The lowest BCUT2D eigenvalue weighted by atomic mass is 10.4. The summed E-state index contributed by atoms with van der Waals surface area (Å²) in [5, 5.41) is 3.29. The summed E-state index contributed by atoms with van der Waals surface area (Å²) in [7, 11) is 1.36. The predicted octanol–water partition coefficient (Wildman–Crippen LogP) is 1.47. The number of esters is 1. The van der Waals surface area contributed by atoms with Gasteiger partial charge in [-0.2, -0.15) is 0 Å². The first-order valence-corrected chi connectivity index (χ1v) is 3.97. The van der Waals surface area contributed by atoms with Crippen molar-refractivity contribution >= 4 is 28.6 Å². The minimum Gasteiger partial charge on any atom is -0.427 e. The quantitative estimate of drug-likeness (QED) is 0.252. The summed E-state index contributed by atoms with van der Waals surface area (Å²) in [6.45, 7) is 0. The number of ether oxygens (including phenoxy) is 2. The molecule has 1 rings (SSSR count). The first-order chi connectivity index (χ1) is 5.70. The Kier molecular flexibility index (Phi) is 2.90. The van der Waals surface area contributed by atoms with Gasteiger partial charge in [0.1, 0.15) is 9.28 Å². The standard InChI is InChI=1S/C5H4IN3O3/c1-11-5-3(8-9-7)2(6)4(10)12-5/h5H,1H3. The van der Waals surface area contributed by atoms with Crippen molar-refractivity contribution < 1.29 is 14.3 Å². The zero-order valence-corrected chi connectivity index (χ0v) is 8.18. The van der Waals surface area contributed by atoms with Gasteiger partial charge in [0.25, 0.3) is 0 Å². The molecule has 0 aromatic carbocycles. The molecule has 0 aliphatic carbocycles. The van der Waals surface area contributed by atoms with Gasteiger partial charge < -0.3 is 9.47 Å². The van der Waals surface area contributed by atoms with Gasteiger partial charge in [-0.3, -0.25) is 0 Å². The zero-order valence-electron chi connectivity index (χ0n) is 6.02. The van der Waals surface area contributed by atoms with Crippen LogP contribution < -0.4 is 0 Å². The molecule has 1 atom stereocenters. The van der Waals surface area contributed by atoms with Crippen molar-refractivity contribution in [2.75, 3.05) is 7.11 Å². The number of carbonyl (C=O) groups is 1. The van der Waals surface area contributed by atoms with E-state index < -0.39 is 12.3 Å². The minimum absolute atomic E-state index is 0.186. The molecule has 0 radical (unpaired) electrons. The number of halogens is 1. The molecule has 0 spiro atoms. The summed E-state index contributed by atoms with van der Waals surface area (Å²) in [6, 6.07) is 0. The summed E-state index contributed by atoms with van der Waals surface area (Å²) < 4.78 is 9.69. The van der Waals surface area contributed by atoms with Gasteiger partial charge in [-0.25, -0.2) is 4.79 Å². The Bertz CT molecular complexity index is 294. The zero-order chi connectivity index (χ0) is 9.14. The molecule has 0 aromatic rings. The summed E-state index contributed by atoms with van der Waals surface area (Å²) in [4.78, 5) is 13.4. The number of methoxy groups -OCH3 is 1. The molecule has 1 heterocycles. The molecule has 7 heteroatoms. The second-order valence-electron chi connectivity index (χ2n) is 1.86. The highest BCUT2D eigenvalue weighted by atomic mass is 127. The normalized spacial score (nSPS) is 22.2. The number of hydrogen-bond acceptors (Lipinski definition) is 4. The molecule has 0 bridgehead atoms. The smallest absolute Gasteiger partial charge is 0.347 e. The van der Waals surface area contributed by atoms with Crippen LogP contribution in [0.25, 0.3) is 10.4 Å². The maximum Gasteiger partial charge on any atom is 0.347 e. The van der Waals surface area contributed by atoms with Gasteiger partial charge >= 0.3 is 5.97 Å². The number of cyclic esters (lactones) is 1. The molecule has 0 fully saturated rings. The van der Waals surface area contributed by atoms with Crippen molar-refractivity contribution in [1.82, 2.24) is 0 Å². The van der Waals surface area contributed by atoms with Crippen LogP contribution in [0.4, 0.5) is 0 Å². The maximum absolute atomic E-state index is 10.9. The number of azide groups is 1. The van der Waals surface area contributed by atoms with E-state index in [0.29, 0.717) is 0 Å². The second kappa shape index (κ2) is 3.74. The van der Waals surface area contributed by atoms with Crippen LogP contribution in [0.5, 0.6) is 0 Å². The van der Waals surface area contributed by atoms with E-state index >= 15 is 0 Å². The van der Waals surface area contributed by atoms with E-state index in [4.69, 9.17) is 10.3 Å². The Morgan fingerprint density at radius 1 is 1.83 bits per heavy atom. The molecule has 0 saturated carbocycles. The number of rotatable bonds is 2. The third-order valence-electron chi connectivity index (χ3n) is 1.21. The third-order valence-corrected chi connectivity index (χ3v) is 2.20. The van der Waals surface area contributed by atoms with Gasteiger partial charge in [0, 0.05) is 12.0 Å². The molecule has 0 amide bonds. The molecule has 0 saturated heterocycles. The van der Waals surface area contributed by atoms with Crippen molar-refractivity contribution in [3.63, 3.8) is 0 Å². The van der Waals surface area contributed by atoms with E-state index in [2.05, 4.69) is 14.8 Å². The van der Waals surface area contributed by atoms with Crippen LogP contribution in [0.15, 0.2) is 14.4 Å². The fourth-order valence-electron chi connectivity index (χ4n) is 0.712. The Hall–Kier alpha value is -0.790. The molecule has 1 unspecified atom stereocenters.